The van der Waals surface area contributed by atoms with Crippen LogP contribution in [0.3, 0.4) is 0 Å². The van der Waals surface area contributed by atoms with Gasteiger partial charge in [0.25, 0.3) is 0 Å². The number of thiazole rings is 1. The van der Waals surface area contributed by atoms with Crippen molar-refractivity contribution >= 4 is 23.0 Å². The summed E-state index contributed by atoms with van der Waals surface area (Å²) in [4.78, 5) is 16.5. The fraction of sp³-hybridized carbons (Fsp3) is 0.462. The van der Waals surface area contributed by atoms with E-state index in [4.69, 9.17) is 0 Å². The number of hydrogen-bond donors (Lipinski definition) is 1. The predicted octanol–water partition coefficient (Wildman–Crippen LogP) is 2.62. The fourth-order valence-electron chi connectivity index (χ4n) is 1.79. The standard InChI is InChI=1S/C13H19N5S/c1-5-14-12-6-13(17-10(3)16-12)18(4)7-11-9(2)15-8-19-11/h6,8H,5,7H2,1-4H3,(H,14,16,17). The average Bonchev–Trinajstić information content (AvgIpc) is 2.75. The van der Waals surface area contributed by atoms with Gasteiger partial charge < -0.3 is 10.2 Å². The SMILES string of the molecule is CCNc1cc(N(C)Cc2scnc2C)nc(C)n1. The highest BCUT2D eigenvalue weighted by Crippen LogP contribution is 2.20. The van der Waals surface area contributed by atoms with E-state index in [2.05, 4.69) is 32.1 Å². The molecule has 0 fully saturated rings. The number of rotatable bonds is 5. The van der Waals surface area contributed by atoms with Gasteiger partial charge in [0, 0.05) is 24.5 Å². The second kappa shape index (κ2) is 5.97. The number of nitrogens with one attached hydrogen (secondary N) is 1. The molecule has 0 saturated carbocycles. The molecular weight excluding hydrogens is 258 g/mol. The van der Waals surface area contributed by atoms with Crippen LogP contribution < -0.4 is 10.2 Å². The average molecular weight is 277 g/mol. The lowest BCUT2D eigenvalue weighted by Gasteiger charge is -2.18. The normalized spacial score (nSPS) is 10.5. The first-order valence-corrected chi connectivity index (χ1v) is 7.17. The number of aryl methyl sites for hydroxylation is 2. The Morgan fingerprint density at radius 1 is 1.32 bits per heavy atom. The number of anilines is 2. The molecule has 1 N–H and O–H groups in total. The molecule has 0 spiro atoms. The smallest absolute Gasteiger partial charge is 0.134 e. The lowest BCUT2D eigenvalue weighted by molar-refractivity contribution is 0.882. The van der Waals surface area contributed by atoms with Crippen LogP contribution in [0, 0.1) is 13.8 Å². The molecule has 2 rings (SSSR count). The molecule has 0 bridgehead atoms. The van der Waals surface area contributed by atoms with Crippen molar-refractivity contribution in [2.24, 2.45) is 0 Å². The molecule has 5 nitrogen and oxygen atoms in total. The Balaban J connectivity index is 2.18. The molecule has 2 aromatic heterocycles. The molecule has 6 heteroatoms. The topological polar surface area (TPSA) is 53.9 Å². The van der Waals surface area contributed by atoms with Gasteiger partial charge in [0.1, 0.15) is 17.5 Å². The first-order valence-electron chi connectivity index (χ1n) is 6.29. The zero-order valence-corrected chi connectivity index (χ0v) is 12.6. The van der Waals surface area contributed by atoms with Crippen molar-refractivity contribution in [3.8, 4) is 0 Å². The second-order valence-electron chi connectivity index (χ2n) is 4.41. The Labute approximate surface area is 117 Å². The van der Waals surface area contributed by atoms with Gasteiger partial charge in [-0.1, -0.05) is 0 Å². The van der Waals surface area contributed by atoms with Crippen LogP contribution in [0.5, 0.6) is 0 Å². The first-order chi connectivity index (χ1) is 9.10. The van der Waals surface area contributed by atoms with E-state index in [9.17, 15) is 0 Å². The third-order valence-corrected chi connectivity index (χ3v) is 3.72. The highest BCUT2D eigenvalue weighted by Gasteiger charge is 2.09. The van der Waals surface area contributed by atoms with Gasteiger partial charge in [0.15, 0.2) is 0 Å². The van der Waals surface area contributed by atoms with E-state index in [1.54, 1.807) is 11.3 Å². The molecule has 0 atom stereocenters. The van der Waals surface area contributed by atoms with Crippen molar-refractivity contribution in [3.63, 3.8) is 0 Å². The molecule has 2 heterocycles. The summed E-state index contributed by atoms with van der Waals surface area (Å²) in [6.45, 7) is 7.68. The van der Waals surface area contributed by atoms with Crippen LogP contribution in [0.25, 0.3) is 0 Å². The third kappa shape index (κ3) is 3.41. The maximum Gasteiger partial charge on any atom is 0.134 e. The number of hydrogen-bond acceptors (Lipinski definition) is 6. The zero-order valence-electron chi connectivity index (χ0n) is 11.8. The third-order valence-electron chi connectivity index (χ3n) is 2.80. The molecular formula is C13H19N5S. The van der Waals surface area contributed by atoms with Gasteiger partial charge >= 0.3 is 0 Å². The molecule has 0 radical (unpaired) electrons. The quantitative estimate of drug-likeness (QED) is 0.910. The number of nitrogens with zero attached hydrogens (tertiary/aromatic N) is 4. The zero-order chi connectivity index (χ0) is 13.8. The largest absolute Gasteiger partial charge is 0.370 e. The summed E-state index contributed by atoms with van der Waals surface area (Å²) >= 11 is 1.68. The predicted molar refractivity (Wildman–Crippen MR) is 79.9 cm³/mol. The highest BCUT2D eigenvalue weighted by atomic mass is 32.1. The van der Waals surface area contributed by atoms with Crippen molar-refractivity contribution in [2.45, 2.75) is 27.3 Å². The van der Waals surface area contributed by atoms with Crippen LogP contribution >= 0.6 is 11.3 Å². The van der Waals surface area contributed by atoms with Crippen molar-refractivity contribution in [1.29, 1.82) is 0 Å². The molecule has 0 saturated heterocycles. The van der Waals surface area contributed by atoms with Crippen molar-refractivity contribution in [2.75, 3.05) is 23.8 Å². The monoisotopic (exact) mass is 277 g/mol. The van der Waals surface area contributed by atoms with Crippen LogP contribution in [-0.2, 0) is 6.54 Å². The van der Waals surface area contributed by atoms with Crippen molar-refractivity contribution in [3.05, 3.63) is 28.0 Å². The molecule has 0 aliphatic heterocycles. The summed E-state index contributed by atoms with van der Waals surface area (Å²) in [6, 6.07) is 1.98. The molecule has 0 aliphatic carbocycles. The minimum Gasteiger partial charge on any atom is -0.370 e. The molecule has 0 aromatic carbocycles. The first kappa shape index (κ1) is 13.7. The van der Waals surface area contributed by atoms with E-state index in [0.29, 0.717) is 0 Å². The maximum atomic E-state index is 4.49. The van der Waals surface area contributed by atoms with Crippen LogP contribution in [0.4, 0.5) is 11.6 Å². The van der Waals surface area contributed by atoms with E-state index in [-0.39, 0.29) is 0 Å². The van der Waals surface area contributed by atoms with E-state index in [1.165, 1.54) is 4.88 Å². The molecule has 102 valence electrons. The van der Waals surface area contributed by atoms with E-state index >= 15 is 0 Å². The van der Waals surface area contributed by atoms with Crippen molar-refractivity contribution in [1.82, 2.24) is 15.0 Å². The van der Waals surface area contributed by atoms with Gasteiger partial charge in [-0.2, -0.15) is 0 Å². The molecule has 0 unspecified atom stereocenters. The Morgan fingerprint density at radius 2 is 2.11 bits per heavy atom. The molecule has 19 heavy (non-hydrogen) atoms. The molecule has 2 aromatic rings. The highest BCUT2D eigenvalue weighted by molar-refractivity contribution is 7.09. The van der Waals surface area contributed by atoms with E-state index in [0.717, 1.165) is 36.2 Å². The summed E-state index contributed by atoms with van der Waals surface area (Å²) < 4.78 is 0. The van der Waals surface area contributed by atoms with Gasteiger partial charge in [-0.05, 0) is 20.8 Å². The molecule has 0 aliphatic rings. The summed E-state index contributed by atoms with van der Waals surface area (Å²) in [5, 5.41) is 3.23. The van der Waals surface area contributed by atoms with Crippen LogP contribution in [0.1, 0.15) is 23.3 Å². The minimum absolute atomic E-state index is 0.779. The van der Waals surface area contributed by atoms with Gasteiger partial charge in [-0.3, -0.25) is 0 Å². The van der Waals surface area contributed by atoms with Gasteiger partial charge in [0.05, 0.1) is 17.7 Å². The van der Waals surface area contributed by atoms with Crippen molar-refractivity contribution < 1.29 is 0 Å². The van der Waals surface area contributed by atoms with Crippen LogP contribution in [0.2, 0.25) is 0 Å². The second-order valence-corrected chi connectivity index (χ2v) is 5.35. The lowest BCUT2D eigenvalue weighted by atomic mass is 10.3. The summed E-state index contributed by atoms with van der Waals surface area (Å²) in [5.74, 6) is 2.58. The maximum absolute atomic E-state index is 4.49. The summed E-state index contributed by atoms with van der Waals surface area (Å²) in [5.41, 5.74) is 2.97. The Bertz CT molecular complexity index is 552. The van der Waals surface area contributed by atoms with Gasteiger partial charge in [-0.25, -0.2) is 15.0 Å². The lowest BCUT2D eigenvalue weighted by Crippen LogP contribution is -2.18. The van der Waals surface area contributed by atoms with Gasteiger partial charge in [0.2, 0.25) is 0 Å². The van der Waals surface area contributed by atoms with Gasteiger partial charge in [-0.15, -0.1) is 11.3 Å². The summed E-state index contributed by atoms with van der Waals surface area (Å²) in [7, 11) is 2.04. The van der Waals surface area contributed by atoms with Crippen LogP contribution in [0.15, 0.2) is 11.6 Å². The summed E-state index contributed by atoms with van der Waals surface area (Å²) in [6.07, 6.45) is 0. The Hall–Kier alpha value is -1.69. The fourth-order valence-corrected chi connectivity index (χ4v) is 2.62. The Kier molecular flexibility index (Phi) is 4.31. The minimum atomic E-state index is 0.779. The number of aromatic nitrogens is 3. The van der Waals surface area contributed by atoms with E-state index in [1.807, 2.05) is 32.5 Å². The van der Waals surface area contributed by atoms with E-state index < -0.39 is 0 Å². The molecule has 0 amide bonds. The van der Waals surface area contributed by atoms with Crippen LogP contribution in [-0.4, -0.2) is 28.5 Å². The Morgan fingerprint density at radius 3 is 2.74 bits per heavy atom.